The molecule has 0 bridgehead atoms. The largest absolute Gasteiger partial charge is 0.283 e. The first kappa shape index (κ1) is 4.57. The van der Waals surface area contributed by atoms with Crippen molar-refractivity contribution in [3.63, 3.8) is 0 Å². The lowest BCUT2D eigenvalue weighted by Gasteiger charge is -2.06. The van der Waals surface area contributed by atoms with Crippen LogP contribution in [0.25, 0.3) is 0 Å². The van der Waals surface area contributed by atoms with Gasteiger partial charge in [-0.15, -0.1) is 0 Å². The van der Waals surface area contributed by atoms with E-state index in [0.717, 1.165) is 0 Å². The predicted octanol–water partition coefficient (Wildman–Crippen LogP) is 1.22. The fraction of sp³-hybridized carbons (Fsp3) is 0.333. The number of rotatable bonds is 0. The number of allylic oxidation sites excluding steroid dienone is 1. The standard InChI is InChI=1S/C6H8N/c1-6(2)4-3-5-7-6/h3-5H,1H2,2H3. The van der Waals surface area contributed by atoms with Crippen LogP contribution in [0, 0.1) is 6.92 Å². The molecule has 0 N–H and O–H groups in total. The molecule has 0 spiro atoms. The van der Waals surface area contributed by atoms with Gasteiger partial charge in [-0.05, 0) is 19.9 Å². The summed E-state index contributed by atoms with van der Waals surface area (Å²) in [4.78, 5) is 4.02. The van der Waals surface area contributed by atoms with E-state index in [-0.39, 0.29) is 5.54 Å². The van der Waals surface area contributed by atoms with Gasteiger partial charge in [0.15, 0.2) is 0 Å². The van der Waals surface area contributed by atoms with Gasteiger partial charge in [-0.2, -0.15) is 0 Å². The summed E-state index contributed by atoms with van der Waals surface area (Å²) in [6.45, 7) is 5.75. The van der Waals surface area contributed by atoms with Crippen molar-refractivity contribution < 1.29 is 0 Å². The number of hydrogen-bond acceptors (Lipinski definition) is 1. The van der Waals surface area contributed by atoms with Crippen LogP contribution in [0.3, 0.4) is 0 Å². The van der Waals surface area contributed by atoms with E-state index in [1.807, 2.05) is 19.1 Å². The highest BCUT2D eigenvalue weighted by Gasteiger charge is 2.11. The molecule has 1 atom stereocenters. The molecule has 1 aliphatic heterocycles. The maximum Gasteiger partial charge on any atom is 0.0764 e. The molecule has 0 aliphatic carbocycles. The molecular weight excluding hydrogens is 86.1 g/mol. The van der Waals surface area contributed by atoms with Gasteiger partial charge >= 0.3 is 0 Å². The van der Waals surface area contributed by atoms with E-state index in [1.54, 1.807) is 6.21 Å². The van der Waals surface area contributed by atoms with Gasteiger partial charge in [-0.1, -0.05) is 6.08 Å². The molecule has 1 heterocycles. The second-order valence-electron chi connectivity index (χ2n) is 1.99. The van der Waals surface area contributed by atoms with Crippen LogP contribution in [-0.4, -0.2) is 11.8 Å². The van der Waals surface area contributed by atoms with Crippen LogP contribution >= 0.6 is 0 Å². The Bertz CT molecular complexity index is 106. The summed E-state index contributed by atoms with van der Waals surface area (Å²) in [5.41, 5.74) is -0.167. The summed E-state index contributed by atoms with van der Waals surface area (Å²) in [6.07, 6.45) is 5.65. The molecule has 1 aliphatic rings. The third kappa shape index (κ3) is 0.889. The molecule has 7 heavy (non-hydrogen) atoms. The van der Waals surface area contributed by atoms with E-state index in [0.29, 0.717) is 0 Å². The van der Waals surface area contributed by atoms with E-state index >= 15 is 0 Å². The molecule has 0 aromatic rings. The van der Waals surface area contributed by atoms with Crippen molar-refractivity contribution in [2.75, 3.05) is 0 Å². The van der Waals surface area contributed by atoms with E-state index in [1.165, 1.54) is 0 Å². The third-order valence-electron chi connectivity index (χ3n) is 0.911. The highest BCUT2D eigenvalue weighted by atomic mass is 14.8. The van der Waals surface area contributed by atoms with E-state index in [9.17, 15) is 0 Å². The normalized spacial score (nSPS) is 23.7. The van der Waals surface area contributed by atoms with E-state index in [4.69, 9.17) is 0 Å². The van der Waals surface area contributed by atoms with Gasteiger partial charge in [0, 0.05) is 6.21 Å². The Labute approximate surface area is 43.8 Å². The van der Waals surface area contributed by atoms with Gasteiger partial charge in [0.2, 0.25) is 0 Å². The van der Waals surface area contributed by atoms with Crippen LogP contribution in [0.2, 0.25) is 0 Å². The first-order valence-corrected chi connectivity index (χ1v) is 2.29. The molecular formula is C6H8N. The lowest BCUT2D eigenvalue weighted by Crippen LogP contribution is -2.08. The van der Waals surface area contributed by atoms with Crippen molar-refractivity contribution in [2.45, 2.75) is 12.5 Å². The fourth-order valence-electron chi connectivity index (χ4n) is 0.507. The molecule has 0 fully saturated rings. The monoisotopic (exact) mass is 94.1 g/mol. The van der Waals surface area contributed by atoms with Crippen molar-refractivity contribution >= 4 is 6.21 Å². The quantitative estimate of drug-likeness (QED) is 0.428. The van der Waals surface area contributed by atoms with Crippen LogP contribution in [0.5, 0.6) is 0 Å². The summed E-state index contributed by atoms with van der Waals surface area (Å²) >= 11 is 0. The summed E-state index contributed by atoms with van der Waals surface area (Å²) in [5.74, 6) is 0. The Kier molecular flexibility index (Phi) is 0.775. The summed E-state index contributed by atoms with van der Waals surface area (Å²) in [5, 5.41) is 0. The Hall–Kier alpha value is -0.590. The molecule has 1 radical (unpaired) electrons. The molecule has 0 aromatic heterocycles. The average Bonchev–Trinajstić information content (AvgIpc) is 1.84. The molecule has 1 unspecified atom stereocenters. The van der Waals surface area contributed by atoms with Gasteiger partial charge in [0.05, 0.1) is 5.54 Å². The van der Waals surface area contributed by atoms with Gasteiger partial charge < -0.3 is 0 Å². The maximum atomic E-state index is 4.02. The lowest BCUT2D eigenvalue weighted by molar-refractivity contribution is 0.750. The Balaban J connectivity index is 2.77. The fourth-order valence-corrected chi connectivity index (χ4v) is 0.507. The average molecular weight is 94.1 g/mol. The van der Waals surface area contributed by atoms with Crippen LogP contribution < -0.4 is 0 Å². The first-order chi connectivity index (χ1) is 3.21. The SMILES string of the molecule is [CH2]C1(C)C=CC=N1. The maximum absolute atomic E-state index is 4.02. The minimum atomic E-state index is -0.167. The highest BCUT2D eigenvalue weighted by Crippen LogP contribution is 2.12. The Morgan fingerprint density at radius 1 is 1.71 bits per heavy atom. The van der Waals surface area contributed by atoms with E-state index in [2.05, 4.69) is 11.9 Å². The van der Waals surface area contributed by atoms with Crippen LogP contribution in [0.15, 0.2) is 17.1 Å². The second kappa shape index (κ2) is 1.19. The zero-order valence-electron chi connectivity index (χ0n) is 4.39. The van der Waals surface area contributed by atoms with Gasteiger partial charge in [0.1, 0.15) is 0 Å². The summed E-state index contributed by atoms with van der Waals surface area (Å²) < 4.78 is 0. The molecule has 0 amide bonds. The van der Waals surface area contributed by atoms with Crippen LogP contribution in [0.1, 0.15) is 6.92 Å². The molecule has 0 saturated heterocycles. The van der Waals surface area contributed by atoms with Crippen molar-refractivity contribution in [1.29, 1.82) is 0 Å². The van der Waals surface area contributed by atoms with E-state index < -0.39 is 0 Å². The molecule has 0 saturated carbocycles. The number of aliphatic imine (C=N–C) groups is 1. The lowest BCUT2D eigenvalue weighted by atomic mass is 10.1. The van der Waals surface area contributed by atoms with Gasteiger partial charge in [0.25, 0.3) is 0 Å². The second-order valence-corrected chi connectivity index (χ2v) is 1.99. The Morgan fingerprint density at radius 2 is 2.43 bits per heavy atom. The molecule has 0 aromatic carbocycles. The molecule has 37 valence electrons. The topological polar surface area (TPSA) is 12.4 Å². The zero-order valence-corrected chi connectivity index (χ0v) is 4.39. The highest BCUT2D eigenvalue weighted by molar-refractivity contribution is 5.75. The Morgan fingerprint density at radius 3 is 2.57 bits per heavy atom. The van der Waals surface area contributed by atoms with Crippen LogP contribution in [-0.2, 0) is 0 Å². The minimum absolute atomic E-state index is 0.167. The third-order valence-corrected chi connectivity index (χ3v) is 0.911. The predicted molar refractivity (Wildman–Crippen MR) is 31.4 cm³/mol. The van der Waals surface area contributed by atoms with Crippen molar-refractivity contribution in [3.05, 3.63) is 19.1 Å². The first-order valence-electron chi connectivity index (χ1n) is 2.29. The van der Waals surface area contributed by atoms with Crippen LogP contribution in [0.4, 0.5) is 0 Å². The number of hydrogen-bond donors (Lipinski definition) is 0. The zero-order chi connectivity index (χ0) is 5.33. The van der Waals surface area contributed by atoms with Crippen molar-refractivity contribution in [2.24, 2.45) is 4.99 Å². The smallest absolute Gasteiger partial charge is 0.0764 e. The molecule has 1 heteroatoms. The van der Waals surface area contributed by atoms with Gasteiger partial charge in [-0.25, -0.2) is 0 Å². The van der Waals surface area contributed by atoms with Gasteiger partial charge in [-0.3, -0.25) is 4.99 Å². The van der Waals surface area contributed by atoms with Crippen molar-refractivity contribution in [1.82, 2.24) is 0 Å². The summed E-state index contributed by atoms with van der Waals surface area (Å²) in [6, 6.07) is 0. The molecule has 1 rings (SSSR count). The minimum Gasteiger partial charge on any atom is -0.283 e. The number of nitrogens with zero attached hydrogens (tertiary/aromatic N) is 1. The summed E-state index contributed by atoms with van der Waals surface area (Å²) in [7, 11) is 0. The van der Waals surface area contributed by atoms with Crippen molar-refractivity contribution in [3.8, 4) is 0 Å². The molecule has 1 nitrogen and oxygen atoms in total.